The number of nitrogens with zero attached hydrogens (tertiary/aromatic N) is 1. The molecule has 0 saturated heterocycles. The van der Waals surface area contributed by atoms with Crippen molar-refractivity contribution in [2.75, 3.05) is 11.1 Å². The molecule has 1 heterocycles. The highest BCUT2D eigenvalue weighted by atomic mass is 79.9. The highest BCUT2D eigenvalue weighted by Crippen LogP contribution is 2.25. The summed E-state index contributed by atoms with van der Waals surface area (Å²) in [6.07, 6.45) is 1.43. The molecule has 0 aliphatic heterocycles. The van der Waals surface area contributed by atoms with Crippen LogP contribution in [0.1, 0.15) is 28.9 Å². The van der Waals surface area contributed by atoms with E-state index in [0.717, 1.165) is 10.0 Å². The van der Waals surface area contributed by atoms with Crippen molar-refractivity contribution in [3.05, 3.63) is 52.1 Å². The minimum Gasteiger partial charge on any atom is -0.478 e. The van der Waals surface area contributed by atoms with E-state index in [2.05, 4.69) is 26.2 Å². The summed E-state index contributed by atoms with van der Waals surface area (Å²) in [5.41, 5.74) is 7.06. The predicted molar refractivity (Wildman–Crippen MR) is 81.8 cm³/mol. The minimum absolute atomic E-state index is 0.0399. The fraction of sp³-hybridized carbons (Fsp3) is 0.143. The molecule has 20 heavy (non-hydrogen) atoms. The average molecular weight is 336 g/mol. The van der Waals surface area contributed by atoms with Crippen LogP contribution in [0.4, 0.5) is 11.5 Å². The average Bonchev–Trinajstić information content (AvgIpc) is 2.41. The van der Waals surface area contributed by atoms with Gasteiger partial charge in [0.05, 0.1) is 17.3 Å². The van der Waals surface area contributed by atoms with Gasteiger partial charge in [-0.15, -0.1) is 0 Å². The molecule has 0 aliphatic carbocycles. The zero-order chi connectivity index (χ0) is 14.7. The zero-order valence-corrected chi connectivity index (χ0v) is 12.4. The van der Waals surface area contributed by atoms with E-state index in [0.29, 0.717) is 5.82 Å². The Hall–Kier alpha value is -2.08. The van der Waals surface area contributed by atoms with E-state index in [1.54, 1.807) is 0 Å². The summed E-state index contributed by atoms with van der Waals surface area (Å²) in [5.74, 6) is -0.690. The van der Waals surface area contributed by atoms with Gasteiger partial charge in [0.2, 0.25) is 0 Å². The number of nitrogen functional groups attached to an aromatic ring is 1. The van der Waals surface area contributed by atoms with Gasteiger partial charge < -0.3 is 16.2 Å². The largest absolute Gasteiger partial charge is 0.478 e. The SMILES string of the molecule is CC(Nc1nccc(C(=O)O)c1N)c1ccc(Br)cc1. The third kappa shape index (κ3) is 3.08. The lowest BCUT2D eigenvalue weighted by Crippen LogP contribution is -2.12. The molecule has 0 bridgehead atoms. The van der Waals surface area contributed by atoms with E-state index in [1.807, 2.05) is 31.2 Å². The van der Waals surface area contributed by atoms with Crippen molar-refractivity contribution >= 4 is 33.4 Å². The van der Waals surface area contributed by atoms with Crippen molar-refractivity contribution in [3.63, 3.8) is 0 Å². The van der Waals surface area contributed by atoms with Gasteiger partial charge in [-0.2, -0.15) is 0 Å². The van der Waals surface area contributed by atoms with Gasteiger partial charge in [0.1, 0.15) is 0 Å². The number of hydrogen-bond donors (Lipinski definition) is 3. The van der Waals surface area contributed by atoms with Crippen LogP contribution in [0.2, 0.25) is 0 Å². The van der Waals surface area contributed by atoms with Crippen LogP contribution < -0.4 is 11.1 Å². The lowest BCUT2D eigenvalue weighted by atomic mass is 10.1. The van der Waals surface area contributed by atoms with Crippen molar-refractivity contribution in [2.24, 2.45) is 0 Å². The first-order chi connectivity index (χ1) is 9.49. The van der Waals surface area contributed by atoms with E-state index in [4.69, 9.17) is 10.8 Å². The van der Waals surface area contributed by atoms with Crippen LogP contribution in [0.3, 0.4) is 0 Å². The fourth-order valence-corrected chi connectivity index (χ4v) is 2.08. The molecule has 2 aromatic rings. The first-order valence-electron chi connectivity index (χ1n) is 5.99. The van der Waals surface area contributed by atoms with Crippen molar-refractivity contribution in [2.45, 2.75) is 13.0 Å². The molecule has 0 saturated carbocycles. The van der Waals surface area contributed by atoms with Gasteiger partial charge in [0, 0.05) is 10.7 Å². The standard InChI is InChI=1S/C14H14BrN3O2/c1-8(9-2-4-10(15)5-3-9)18-13-12(16)11(14(19)20)6-7-17-13/h2-8H,16H2,1H3,(H,17,18)(H,19,20). The van der Waals surface area contributed by atoms with E-state index in [9.17, 15) is 4.79 Å². The molecule has 2 rings (SSSR count). The molecule has 0 amide bonds. The molecular formula is C14H14BrN3O2. The number of carboxylic acids is 1. The van der Waals surface area contributed by atoms with Gasteiger partial charge in [-0.1, -0.05) is 28.1 Å². The maximum absolute atomic E-state index is 11.0. The van der Waals surface area contributed by atoms with Crippen molar-refractivity contribution in [1.82, 2.24) is 4.98 Å². The Morgan fingerprint density at radius 3 is 2.60 bits per heavy atom. The molecule has 104 valence electrons. The third-order valence-corrected chi connectivity index (χ3v) is 3.47. The van der Waals surface area contributed by atoms with E-state index in [-0.39, 0.29) is 17.3 Å². The fourth-order valence-electron chi connectivity index (χ4n) is 1.81. The highest BCUT2D eigenvalue weighted by Gasteiger charge is 2.14. The predicted octanol–water partition coefficient (Wildman–Crippen LogP) is 3.30. The summed E-state index contributed by atoms with van der Waals surface area (Å²) in [6, 6.07) is 9.17. The second-order valence-corrected chi connectivity index (χ2v) is 5.26. The highest BCUT2D eigenvalue weighted by molar-refractivity contribution is 9.10. The quantitative estimate of drug-likeness (QED) is 0.797. The number of aromatic carboxylic acids is 1. The van der Waals surface area contributed by atoms with Gasteiger partial charge >= 0.3 is 5.97 Å². The number of benzene rings is 1. The summed E-state index contributed by atoms with van der Waals surface area (Å²) in [6.45, 7) is 1.96. The Balaban J connectivity index is 2.23. The Morgan fingerprint density at radius 1 is 1.35 bits per heavy atom. The number of nitrogens with two attached hydrogens (primary N) is 1. The smallest absolute Gasteiger partial charge is 0.337 e. The van der Waals surface area contributed by atoms with Gasteiger partial charge in [-0.3, -0.25) is 0 Å². The van der Waals surface area contributed by atoms with Gasteiger partial charge in [-0.25, -0.2) is 9.78 Å². The van der Waals surface area contributed by atoms with E-state index >= 15 is 0 Å². The molecule has 0 radical (unpaired) electrons. The summed E-state index contributed by atoms with van der Waals surface area (Å²) in [5, 5.41) is 12.2. The number of rotatable bonds is 4. The number of carboxylic acid groups (broad SMARTS) is 1. The summed E-state index contributed by atoms with van der Waals surface area (Å²) in [7, 11) is 0. The normalized spacial score (nSPS) is 11.9. The number of nitrogens with one attached hydrogen (secondary N) is 1. The molecule has 6 heteroatoms. The van der Waals surface area contributed by atoms with Gasteiger partial charge in [0.15, 0.2) is 5.82 Å². The van der Waals surface area contributed by atoms with E-state index in [1.165, 1.54) is 12.3 Å². The molecule has 1 atom stereocenters. The van der Waals surface area contributed by atoms with Crippen LogP contribution in [0.5, 0.6) is 0 Å². The van der Waals surface area contributed by atoms with Crippen LogP contribution in [-0.4, -0.2) is 16.1 Å². The van der Waals surface area contributed by atoms with Crippen LogP contribution in [0.15, 0.2) is 41.0 Å². The summed E-state index contributed by atoms with van der Waals surface area (Å²) >= 11 is 3.38. The maximum atomic E-state index is 11.0. The van der Waals surface area contributed by atoms with Crippen molar-refractivity contribution < 1.29 is 9.90 Å². The van der Waals surface area contributed by atoms with Gasteiger partial charge in [-0.05, 0) is 30.7 Å². The summed E-state index contributed by atoms with van der Waals surface area (Å²) < 4.78 is 0.999. The third-order valence-electron chi connectivity index (χ3n) is 2.94. The van der Waals surface area contributed by atoms with E-state index < -0.39 is 5.97 Å². The number of aromatic nitrogens is 1. The molecule has 1 unspecified atom stereocenters. The molecule has 4 N–H and O–H groups in total. The van der Waals surface area contributed by atoms with Crippen LogP contribution in [-0.2, 0) is 0 Å². The molecule has 0 fully saturated rings. The number of halogens is 1. The molecule has 1 aromatic carbocycles. The number of carbonyl (C=O) groups is 1. The topological polar surface area (TPSA) is 88.2 Å². The van der Waals surface area contributed by atoms with Crippen molar-refractivity contribution in [1.29, 1.82) is 0 Å². The lowest BCUT2D eigenvalue weighted by Gasteiger charge is -2.17. The first kappa shape index (κ1) is 14.3. The monoisotopic (exact) mass is 335 g/mol. The van der Waals surface area contributed by atoms with Crippen LogP contribution in [0, 0.1) is 0 Å². The number of anilines is 2. The van der Waals surface area contributed by atoms with Crippen LogP contribution >= 0.6 is 15.9 Å². The Kier molecular flexibility index (Phi) is 4.24. The second kappa shape index (κ2) is 5.92. The van der Waals surface area contributed by atoms with Crippen molar-refractivity contribution in [3.8, 4) is 0 Å². The molecular weight excluding hydrogens is 322 g/mol. The second-order valence-electron chi connectivity index (χ2n) is 4.34. The lowest BCUT2D eigenvalue weighted by molar-refractivity contribution is 0.0698. The Bertz CT molecular complexity index is 629. The minimum atomic E-state index is -1.07. The van der Waals surface area contributed by atoms with Gasteiger partial charge in [0.25, 0.3) is 0 Å². The Labute approximate surface area is 125 Å². The molecule has 1 aromatic heterocycles. The summed E-state index contributed by atoms with van der Waals surface area (Å²) in [4.78, 5) is 15.1. The first-order valence-corrected chi connectivity index (χ1v) is 6.78. The molecule has 0 spiro atoms. The number of pyridine rings is 1. The van der Waals surface area contributed by atoms with Crippen LogP contribution in [0.25, 0.3) is 0 Å². The molecule has 5 nitrogen and oxygen atoms in total. The zero-order valence-electron chi connectivity index (χ0n) is 10.8. The maximum Gasteiger partial charge on any atom is 0.337 e. The Morgan fingerprint density at radius 2 is 2.00 bits per heavy atom. The number of hydrogen-bond acceptors (Lipinski definition) is 4. The molecule has 0 aliphatic rings.